The van der Waals surface area contributed by atoms with Crippen molar-refractivity contribution in [3.05, 3.63) is 40.8 Å². The molecule has 3 rings (SSSR count). The van der Waals surface area contributed by atoms with E-state index in [0.29, 0.717) is 0 Å². The predicted octanol–water partition coefficient (Wildman–Crippen LogP) is 3.67. The van der Waals surface area contributed by atoms with Crippen molar-refractivity contribution in [1.29, 1.82) is 0 Å². The first-order chi connectivity index (χ1) is 11.2. The van der Waals surface area contributed by atoms with E-state index in [1.807, 2.05) is 6.07 Å². The Balaban J connectivity index is 2.11. The number of benzene rings is 1. The van der Waals surface area contributed by atoms with Crippen molar-refractivity contribution in [1.82, 2.24) is 10.2 Å². The Bertz CT molecular complexity index is 673. The fourth-order valence-corrected chi connectivity index (χ4v) is 4.06. The van der Waals surface area contributed by atoms with Gasteiger partial charge in [-0.05, 0) is 31.5 Å². The molecule has 1 aromatic rings. The highest BCUT2D eigenvalue weighted by Gasteiger charge is 2.24. The second kappa shape index (κ2) is 7.23. The van der Waals surface area contributed by atoms with E-state index < -0.39 is 0 Å². The molecule has 0 aliphatic carbocycles. The van der Waals surface area contributed by atoms with Crippen LogP contribution in [0.3, 0.4) is 0 Å². The van der Waals surface area contributed by atoms with Crippen LogP contribution in [0.25, 0.3) is 0 Å². The molecule has 0 atom stereocenters. The molecule has 2 aliphatic rings. The maximum atomic E-state index is 9.82. The number of hydrogen-bond donors (Lipinski definition) is 2. The van der Waals surface area contributed by atoms with Crippen LogP contribution in [0, 0.1) is 0 Å². The van der Waals surface area contributed by atoms with Gasteiger partial charge in [0.15, 0.2) is 0 Å². The number of phenols is 1. The quantitative estimate of drug-likeness (QED) is 0.825. The van der Waals surface area contributed by atoms with Crippen molar-refractivity contribution < 1.29 is 5.11 Å². The number of aliphatic imine (C=N–C) groups is 1. The molecule has 1 saturated heterocycles. The Labute approximate surface area is 142 Å². The van der Waals surface area contributed by atoms with Crippen LogP contribution in [0.15, 0.2) is 50.7 Å². The first kappa shape index (κ1) is 16.1. The van der Waals surface area contributed by atoms with Crippen LogP contribution in [0.2, 0.25) is 0 Å². The number of phenolic OH excluding ortho intramolecular Hbond substituents is 1. The molecule has 2 heterocycles. The fourth-order valence-electron chi connectivity index (χ4n) is 2.86. The van der Waals surface area contributed by atoms with E-state index in [1.165, 1.54) is 10.5 Å². The zero-order valence-electron chi connectivity index (χ0n) is 13.7. The summed E-state index contributed by atoms with van der Waals surface area (Å²) in [5.74, 6) is 1.33. The van der Waals surface area contributed by atoms with Gasteiger partial charge in [-0.15, -0.1) is 0 Å². The van der Waals surface area contributed by atoms with Crippen molar-refractivity contribution in [2.75, 3.05) is 26.2 Å². The Morgan fingerprint density at radius 3 is 2.83 bits per heavy atom. The molecule has 2 N–H and O–H groups in total. The van der Waals surface area contributed by atoms with Gasteiger partial charge in [-0.1, -0.05) is 30.8 Å². The second-order valence-corrected chi connectivity index (χ2v) is 6.69. The molecule has 0 unspecified atom stereocenters. The SMILES string of the molecule is C/C=C1/C(N2CCNCC2)=Nc2ccc(O)cc2S/C1=C/CC. The van der Waals surface area contributed by atoms with Gasteiger partial charge >= 0.3 is 0 Å². The maximum Gasteiger partial charge on any atom is 0.137 e. The average Bonchev–Trinajstić information content (AvgIpc) is 2.72. The molecule has 0 radical (unpaired) electrons. The maximum absolute atomic E-state index is 9.82. The van der Waals surface area contributed by atoms with Gasteiger partial charge in [0.25, 0.3) is 0 Å². The van der Waals surface area contributed by atoms with Crippen molar-refractivity contribution >= 4 is 23.3 Å². The van der Waals surface area contributed by atoms with E-state index >= 15 is 0 Å². The molecular formula is C18H23N3OS. The van der Waals surface area contributed by atoms with Crippen molar-refractivity contribution in [2.45, 2.75) is 25.2 Å². The third-order valence-corrected chi connectivity index (χ3v) is 5.14. The number of allylic oxidation sites excluding steroid dienone is 2. The number of fused-ring (bicyclic) bond motifs is 1. The third kappa shape index (κ3) is 3.46. The van der Waals surface area contributed by atoms with Crippen molar-refractivity contribution in [2.24, 2.45) is 4.99 Å². The molecule has 0 bridgehead atoms. The Morgan fingerprint density at radius 1 is 1.35 bits per heavy atom. The van der Waals surface area contributed by atoms with E-state index in [2.05, 4.69) is 36.2 Å². The molecule has 2 aliphatic heterocycles. The molecular weight excluding hydrogens is 306 g/mol. The lowest BCUT2D eigenvalue weighted by atomic mass is 10.1. The average molecular weight is 329 g/mol. The van der Waals surface area contributed by atoms with E-state index in [1.54, 1.807) is 23.9 Å². The minimum absolute atomic E-state index is 0.287. The Hall–Kier alpha value is -1.72. The normalized spacial score (nSPS) is 22.0. The summed E-state index contributed by atoms with van der Waals surface area (Å²) in [5.41, 5.74) is 2.12. The van der Waals surface area contributed by atoms with Crippen LogP contribution in [0.4, 0.5) is 5.69 Å². The molecule has 23 heavy (non-hydrogen) atoms. The number of rotatable bonds is 1. The molecule has 0 amide bonds. The summed E-state index contributed by atoms with van der Waals surface area (Å²) in [5, 5.41) is 13.2. The summed E-state index contributed by atoms with van der Waals surface area (Å²) in [6.07, 6.45) is 5.38. The smallest absolute Gasteiger partial charge is 0.137 e. The van der Waals surface area contributed by atoms with E-state index in [-0.39, 0.29) is 5.75 Å². The monoisotopic (exact) mass is 329 g/mol. The lowest BCUT2D eigenvalue weighted by Crippen LogP contribution is -2.47. The summed E-state index contributed by atoms with van der Waals surface area (Å²) in [4.78, 5) is 9.55. The first-order valence-corrected chi connectivity index (χ1v) is 8.97. The Kier molecular flexibility index (Phi) is 5.08. The van der Waals surface area contributed by atoms with Gasteiger partial charge in [0.1, 0.15) is 11.6 Å². The minimum Gasteiger partial charge on any atom is -0.508 e. The van der Waals surface area contributed by atoms with E-state index in [4.69, 9.17) is 4.99 Å². The zero-order chi connectivity index (χ0) is 16.2. The molecule has 0 spiro atoms. The third-order valence-electron chi connectivity index (χ3n) is 3.99. The fraction of sp³-hybridized carbons (Fsp3) is 0.389. The van der Waals surface area contributed by atoms with Crippen LogP contribution in [-0.2, 0) is 0 Å². The van der Waals surface area contributed by atoms with Gasteiger partial charge < -0.3 is 15.3 Å². The number of amidine groups is 1. The number of nitrogens with one attached hydrogen (secondary N) is 1. The molecule has 0 saturated carbocycles. The van der Waals surface area contributed by atoms with Gasteiger partial charge in [0.2, 0.25) is 0 Å². The van der Waals surface area contributed by atoms with Gasteiger partial charge in [0, 0.05) is 41.6 Å². The molecule has 0 aromatic heterocycles. The number of piperazine rings is 1. The molecule has 1 fully saturated rings. The van der Waals surface area contributed by atoms with Gasteiger partial charge in [-0.25, -0.2) is 4.99 Å². The largest absolute Gasteiger partial charge is 0.508 e. The molecule has 122 valence electrons. The van der Waals surface area contributed by atoms with Crippen LogP contribution in [0.1, 0.15) is 20.3 Å². The highest BCUT2D eigenvalue weighted by atomic mass is 32.2. The Morgan fingerprint density at radius 2 is 2.13 bits per heavy atom. The number of thioether (sulfide) groups is 1. The van der Waals surface area contributed by atoms with Gasteiger partial charge in [-0.3, -0.25) is 0 Å². The van der Waals surface area contributed by atoms with Crippen LogP contribution in [-0.4, -0.2) is 42.0 Å². The zero-order valence-corrected chi connectivity index (χ0v) is 14.5. The summed E-state index contributed by atoms with van der Waals surface area (Å²) in [6.45, 7) is 8.12. The molecule has 5 heteroatoms. The highest BCUT2D eigenvalue weighted by Crippen LogP contribution is 2.43. The van der Waals surface area contributed by atoms with Crippen LogP contribution >= 0.6 is 11.8 Å². The molecule has 1 aromatic carbocycles. The van der Waals surface area contributed by atoms with Crippen molar-refractivity contribution in [3.8, 4) is 5.75 Å². The molecule has 4 nitrogen and oxygen atoms in total. The number of nitrogens with zero attached hydrogens (tertiary/aromatic N) is 2. The van der Waals surface area contributed by atoms with Crippen molar-refractivity contribution in [3.63, 3.8) is 0 Å². The van der Waals surface area contributed by atoms with Gasteiger partial charge in [-0.2, -0.15) is 0 Å². The summed E-state index contributed by atoms with van der Waals surface area (Å²) in [7, 11) is 0. The summed E-state index contributed by atoms with van der Waals surface area (Å²) < 4.78 is 0. The van der Waals surface area contributed by atoms with Crippen LogP contribution < -0.4 is 5.32 Å². The standard InChI is InChI=1S/C18H23N3OS/c1-3-5-16-14(4-2)18(21-10-8-19-9-11-21)20-15-7-6-13(22)12-17(15)23-16/h4-7,12,19,22H,3,8-11H2,1-2H3/b14-4+,16-5+. The highest BCUT2D eigenvalue weighted by molar-refractivity contribution is 8.03. The number of hydrogen-bond acceptors (Lipinski definition) is 5. The van der Waals surface area contributed by atoms with E-state index in [9.17, 15) is 5.11 Å². The minimum atomic E-state index is 0.287. The van der Waals surface area contributed by atoms with Gasteiger partial charge in [0.05, 0.1) is 5.69 Å². The van der Waals surface area contributed by atoms with Crippen LogP contribution in [0.5, 0.6) is 5.75 Å². The first-order valence-electron chi connectivity index (χ1n) is 8.15. The lowest BCUT2D eigenvalue weighted by Gasteiger charge is -2.31. The predicted molar refractivity (Wildman–Crippen MR) is 97.6 cm³/mol. The second-order valence-electron chi connectivity index (χ2n) is 5.61. The topological polar surface area (TPSA) is 47.9 Å². The van der Waals surface area contributed by atoms with E-state index in [0.717, 1.165) is 49.0 Å². The number of aromatic hydroxyl groups is 1. The summed E-state index contributed by atoms with van der Waals surface area (Å²) in [6, 6.07) is 5.42. The lowest BCUT2D eigenvalue weighted by molar-refractivity contribution is 0.358. The summed E-state index contributed by atoms with van der Waals surface area (Å²) >= 11 is 1.69.